The van der Waals surface area contributed by atoms with Crippen LogP contribution in [0.25, 0.3) is 0 Å². The first-order valence-corrected chi connectivity index (χ1v) is 9.28. The van der Waals surface area contributed by atoms with E-state index >= 15 is 0 Å². The minimum Gasteiger partial charge on any atom is -0.353 e. The Morgan fingerprint density at radius 1 is 1.30 bits per heavy atom. The highest BCUT2D eigenvalue weighted by Gasteiger charge is 2.35. The van der Waals surface area contributed by atoms with Crippen LogP contribution in [0.1, 0.15) is 46.0 Å². The molecule has 1 aliphatic carbocycles. The molecule has 0 bridgehead atoms. The van der Waals surface area contributed by atoms with Crippen LogP contribution >= 0.6 is 0 Å². The second-order valence-electron chi connectivity index (χ2n) is 7.07. The van der Waals surface area contributed by atoms with Gasteiger partial charge in [0.15, 0.2) is 0 Å². The topological polar surface area (TPSA) is 66.5 Å². The van der Waals surface area contributed by atoms with Gasteiger partial charge in [0, 0.05) is 19.1 Å². The van der Waals surface area contributed by atoms with Crippen molar-refractivity contribution in [2.24, 2.45) is 11.3 Å². The molecule has 1 heterocycles. The van der Waals surface area contributed by atoms with E-state index in [2.05, 4.69) is 19.2 Å². The zero-order valence-electron chi connectivity index (χ0n) is 12.7. The van der Waals surface area contributed by atoms with E-state index in [9.17, 15) is 13.2 Å². The third kappa shape index (κ3) is 3.95. The fourth-order valence-electron chi connectivity index (χ4n) is 3.34. The smallest absolute Gasteiger partial charge is 0.224 e. The molecule has 0 aromatic heterocycles. The van der Waals surface area contributed by atoms with Gasteiger partial charge in [0.1, 0.15) is 0 Å². The molecule has 5 nitrogen and oxygen atoms in total. The van der Waals surface area contributed by atoms with Crippen LogP contribution in [-0.4, -0.2) is 44.0 Å². The van der Waals surface area contributed by atoms with E-state index in [1.54, 1.807) is 0 Å². The molecule has 1 amide bonds. The largest absolute Gasteiger partial charge is 0.353 e. The van der Waals surface area contributed by atoms with Gasteiger partial charge in [0.05, 0.1) is 12.2 Å². The second-order valence-corrected chi connectivity index (χ2v) is 9.06. The fraction of sp³-hybridized carbons (Fsp3) is 0.929. The van der Waals surface area contributed by atoms with Crippen molar-refractivity contribution in [1.29, 1.82) is 0 Å². The summed E-state index contributed by atoms with van der Waals surface area (Å²) in [7, 11) is -3.18. The molecule has 1 saturated heterocycles. The number of sulfonamides is 1. The summed E-state index contributed by atoms with van der Waals surface area (Å²) in [5, 5.41) is 3.12. The Morgan fingerprint density at radius 2 is 2.00 bits per heavy atom. The van der Waals surface area contributed by atoms with E-state index in [1.165, 1.54) is 10.6 Å². The lowest BCUT2D eigenvalue weighted by Gasteiger charge is -2.31. The Kier molecular flexibility index (Phi) is 4.44. The van der Waals surface area contributed by atoms with Crippen LogP contribution in [0.4, 0.5) is 0 Å². The van der Waals surface area contributed by atoms with Gasteiger partial charge in [-0.05, 0) is 37.5 Å². The Balaban J connectivity index is 1.90. The third-order valence-electron chi connectivity index (χ3n) is 4.54. The fourth-order valence-corrected chi connectivity index (χ4v) is 4.25. The second kappa shape index (κ2) is 5.64. The molecule has 2 aliphatic rings. The van der Waals surface area contributed by atoms with Crippen LogP contribution < -0.4 is 5.32 Å². The van der Waals surface area contributed by atoms with Crippen molar-refractivity contribution in [3.8, 4) is 0 Å². The van der Waals surface area contributed by atoms with E-state index < -0.39 is 10.0 Å². The average molecular weight is 302 g/mol. The number of rotatable bonds is 3. The number of hydrogen-bond acceptors (Lipinski definition) is 3. The van der Waals surface area contributed by atoms with E-state index in [-0.39, 0.29) is 17.9 Å². The van der Waals surface area contributed by atoms with Crippen molar-refractivity contribution in [2.45, 2.75) is 52.0 Å². The van der Waals surface area contributed by atoms with E-state index in [0.717, 1.165) is 32.1 Å². The Hall–Kier alpha value is -0.620. The standard InChI is InChI=1S/C14H26N2O3S/c1-14(2)7-6-12(9-14)15-13(17)11-5-4-8-16(10-11)20(3,18)19/h11-12H,4-10H2,1-3H3,(H,15,17). The Morgan fingerprint density at radius 3 is 2.55 bits per heavy atom. The van der Waals surface area contributed by atoms with Crippen molar-refractivity contribution < 1.29 is 13.2 Å². The molecule has 20 heavy (non-hydrogen) atoms. The number of carbonyl (C=O) groups is 1. The zero-order valence-corrected chi connectivity index (χ0v) is 13.5. The van der Waals surface area contributed by atoms with Crippen LogP contribution in [0.15, 0.2) is 0 Å². The maximum atomic E-state index is 12.3. The van der Waals surface area contributed by atoms with Crippen molar-refractivity contribution in [3.63, 3.8) is 0 Å². The molecule has 6 heteroatoms. The molecule has 2 unspecified atom stereocenters. The highest BCUT2D eigenvalue weighted by atomic mass is 32.2. The SMILES string of the molecule is CC1(C)CCC(NC(=O)C2CCCN(S(C)(=O)=O)C2)C1. The average Bonchev–Trinajstić information content (AvgIpc) is 2.68. The summed E-state index contributed by atoms with van der Waals surface area (Å²) in [6, 6.07) is 0.256. The van der Waals surface area contributed by atoms with Gasteiger partial charge in [-0.15, -0.1) is 0 Å². The Labute approximate surface area is 122 Å². The maximum Gasteiger partial charge on any atom is 0.224 e. The van der Waals surface area contributed by atoms with Gasteiger partial charge in [0.2, 0.25) is 15.9 Å². The van der Waals surface area contributed by atoms with E-state index in [1.807, 2.05) is 0 Å². The molecule has 2 atom stereocenters. The summed E-state index contributed by atoms with van der Waals surface area (Å²) in [6.45, 7) is 5.33. The summed E-state index contributed by atoms with van der Waals surface area (Å²) in [5.74, 6) is -0.164. The summed E-state index contributed by atoms with van der Waals surface area (Å²) in [6.07, 6.45) is 5.95. The normalized spacial score (nSPS) is 31.1. The number of piperidine rings is 1. The molecule has 0 aromatic rings. The summed E-state index contributed by atoms with van der Waals surface area (Å²) in [5.41, 5.74) is 0.309. The molecular weight excluding hydrogens is 276 g/mol. The quantitative estimate of drug-likeness (QED) is 0.856. The first-order chi connectivity index (χ1) is 9.17. The zero-order chi connectivity index (χ0) is 15.0. The van der Waals surface area contributed by atoms with Crippen molar-refractivity contribution in [2.75, 3.05) is 19.3 Å². The van der Waals surface area contributed by atoms with Gasteiger partial charge in [-0.1, -0.05) is 13.8 Å². The van der Waals surface area contributed by atoms with Gasteiger partial charge in [-0.3, -0.25) is 4.79 Å². The lowest BCUT2D eigenvalue weighted by Crippen LogP contribution is -2.47. The third-order valence-corrected chi connectivity index (χ3v) is 5.81. The first kappa shape index (κ1) is 15.8. The summed E-state index contributed by atoms with van der Waals surface area (Å²) < 4.78 is 24.6. The number of hydrogen-bond donors (Lipinski definition) is 1. The van der Waals surface area contributed by atoms with Gasteiger partial charge in [0.25, 0.3) is 0 Å². The Bertz CT molecular complexity index is 473. The first-order valence-electron chi connectivity index (χ1n) is 7.43. The van der Waals surface area contributed by atoms with Gasteiger partial charge in [-0.2, -0.15) is 0 Å². The van der Waals surface area contributed by atoms with Crippen molar-refractivity contribution >= 4 is 15.9 Å². The van der Waals surface area contributed by atoms with Crippen LogP contribution in [-0.2, 0) is 14.8 Å². The van der Waals surface area contributed by atoms with Crippen LogP contribution in [0.3, 0.4) is 0 Å². The van der Waals surface area contributed by atoms with Gasteiger partial charge >= 0.3 is 0 Å². The van der Waals surface area contributed by atoms with Crippen LogP contribution in [0.2, 0.25) is 0 Å². The monoisotopic (exact) mass is 302 g/mol. The highest BCUT2D eigenvalue weighted by Crippen LogP contribution is 2.37. The molecular formula is C14H26N2O3S. The van der Waals surface area contributed by atoms with E-state index in [4.69, 9.17) is 0 Å². The molecule has 0 aromatic carbocycles. The lowest BCUT2D eigenvalue weighted by atomic mass is 9.91. The molecule has 116 valence electrons. The van der Waals surface area contributed by atoms with Crippen LogP contribution in [0.5, 0.6) is 0 Å². The van der Waals surface area contributed by atoms with Gasteiger partial charge in [-0.25, -0.2) is 12.7 Å². The molecule has 1 N–H and O–H groups in total. The highest BCUT2D eigenvalue weighted by molar-refractivity contribution is 7.88. The lowest BCUT2D eigenvalue weighted by molar-refractivity contribution is -0.126. The van der Waals surface area contributed by atoms with Gasteiger partial charge < -0.3 is 5.32 Å². The molecule has 2 rings (SSSR count). The molecule has 0 spiro atoms. The predicted molar refractivity (Wildman–Crippen MR) is 78.7 cm³/mol. The van der Waals surface area contributed by atoms with Crippen molar-refractivity contribution in [3.05, 3.63) is 0 Å². The van der Waals surface area contributed by atoms with Crippen molar-refractivity contribution in [1.82, 2.24) is 9.62 Å². The minimum atomic E-state index is -3.18. The van der Waals surface area contributed by atoms with E-state index in [0.29, 0.717) is 18.5 Å². The molecule has 0 radical (unpaired) electrons. The summed E-state index contributed by atoms with van der Waals surface area (Å²) >= 11 is 0. The number of amides is 1. The molecule has 1 saturated carbocycles. The number of carbonyl (C=O) groups excluding carboxylic acids is 1. The number of nitrogens with one attached hydrogen (secondary N) is 1. The maximum absolute atomic E-state index is 12.3. The molecule has 1 aliphatic heterocycles. The number of nitrogens with zero attached hydrogens (tertiary/aromatic N) is 1. The minimum absolute atomic E-state index is 0.0288. The van der Waals surface area contributed by atoms with Crippen LogP contribution in [0, 0.1) is 11.3 Å². The molecule has 2 fully saturated rings. The summed E-state index contributed by atoms with van der Waals surface area (Å²) in [4.78, 5) is 12.3. The predicted octanol–water partition coefficient (Wildman–Crippen LogP) is 1.35.